The smallest absolute Gasteiger partial charge is 0.243 e. The molecule has 0 aliphatic rings. The topological polar surface area (TPSA) is 192 Å². The summed E-state index contributed by atoms with van der Waals surface area (Å²) in [5.74, 6) is -2.04. The van der Waals surface area contributed by atoms with Crippen LogP contribution in [0.4, 0.5) is 0 Å². The first-order chi connectivity index (χ1) is 14.0. The molecule has 4 atom stereocenters. The van der Waals surface area contributed by atoms with Crippen LogP contribution in [0, 0.1) is 17.2 Å². The highest BCUT2D eigenvalue weighted by Gasteiger charge is 2.32. The molecule has 0 bridgehead atoms. The van der Waals surface area contributed by atoms with Gasteiger partial charge in [0.15, 0.2) is 5.96 Å². The van der Waals surface area contributed by atoms with Crippen molar-refractivity contribution >= 4 is 30.0 Å². The molecule has 0 unspecified atom stereocenters. The first-order valence-corrected chi connectivity index (χ1v) is 10.1. The second kappa shape index (κ2) is 14.3. The van der Waals surface area contributed by atoms with Gasteiger partial charge in [-0.1, -0.05) is 34.1 Å². The molecule has 0 aliphatic carbocycles. The molecule has 0 spiro atoms. The fourth-order valence-corrected chi connectivity index (χ4v) is 2.65. The second-order valence-electron chi connectivity index (χ2n) is 7.55. The summed E-state index contributed by atoms with van der Waals surface area (Å²) in [7, 11) is 0. The van der Waals surface area contributed by atoms with Crippen LogP contribution in [0.15, 0.2) is 0 Å². The van der Waals surface area contributed by atoms with Gasteiger partial charge in [-0.05, 0) is 24.7 Å². The van der Waals surface area contributed by atoms with E-state index in [1.165, 1.54) is 0 Å². The van der Waals surface area contributed by atoms with E-state index in [1.54, 1.807) is 20.1 Å². The van der Waals surface area contributed by atoms with E-state index in [1.807, 2.05) is 13.8 Å². The second-order valence-corrected chi connectivity index (χ2v) is 7.55. The number of carbonyl (C=O) groups is 3. The van der Waals surface area contributed by atoms with E-state index in [-0.39, 0.29) is 24.3 Å². The average molecular weight is 427 g/mol. The summed E-state index contributed by atoms with van der Waals surface area (Å²) in [5, 5.41) is 17.5. The van der Waals surface area contributed by atoms with Crippen molar-refractivity contribution in [1.29, 1.82) is 5.41 Å². The third-order valence-electron chi connectivity index (χ3n) is 4.72. The van der Waals surface area contributed by atoms with Gasteiger partial charge < -0.3 is 32.7 Å². The average Bonchev–Trinajstić information content (AvgIpc) is 2.69. The Hall–Kier alpha value is -2.69. The summed E-state index contributed by atoms with van der Waals surface area (Å²) in [4.78, 5) is 47.9. The summed E-state index contributed by atoms with van der Waals surface area (Å²) in [6, 6.07) is -2.55. The van der Waals surface area contributed by atoms with Gasteiger partial charge >= 0.3 is 0 Å². The first-order valence-electron chi connectivity index (χ1n) is 10.1. The Labute approximate surface area is 178 Å². The van der Waals surface area contributed by atoms with E-state index in [2.05, 4.69) is 21.3 Å². The lowest BCUT2D eigenvalue weighted by atomic mass is 9.96. The molecule has 0 aromatic carbocycles. The first kappa shape index (κ1) is 27.3. The molecule has 0 saturated heterocycles. The number of hydrogen-bond donors (Lipinski definition) is 7. The van der Waals surface area contributed by atoms with Crippen LogP contribution in [-0.4, -0.2) is 61.2 Å². The fraction of sp³-hybridized carbons (Fsp3) is 0.737. The van der Waals surface area contributed by atoms with Gasteiger partial charge in [0.2, 0.25) is 24.0 Å². The highest BCUT2D eigenvalue weighted by atomic mass is 16.2. The normalized spacial score (nSPS) is 14.7. The molecule has 0 saturated carbocycles. The molecular weight excluding hydrogens is 390 g/mol. The summed E-state index contributed by atoms with van der Waals surface area (Å²) in [5.41, 5.74) is 11.1. The Kier molecular flexibility index (Phi) is 13.0. The van der Waals surface area contributed by atoms with Crippen molar-refractivity contribution < 1.29 is 19.2 Å². The molecule has 1 radical (unpaired) electrons. The van der Waals surface area contributed by atoms with Gasteiger partial charge in [0.05, 0.1) is 12.6 Å². The Morgan fingerprint density at radius 3 is 2.10 bits per heavy atom. The van der Waals surface area contributed by atoms with Crippen LogP contribution >= 0.6 is 0 Å². The molecule has 11 heteroatoms. The zero-order chi connectivity index (χ0) is 23.3. The van der Waals surface area contributed by atoms with E-state index in [4.69, 9.17) is 16.9 Å². The van der Waals surface area contributed by atoms with Gasteiger partial charge in [0, 0.05) is 6.54 Å². The van der Waals surface area contributed by atoms with Crippen molar-refractivity contribution in [3.8, 4) is 0 Å². The quantitative estimate of drug-likeness (QED) is 0.0995. The van der Waals surface area contributed by atoms with Crippen molar-refractivity contribution in [2.45, 2.75) is 65.1 Å². The lowest BCUT2D eigenvalue weighted by Crippen LogP contribution is -2.58. The van der Waals surface area contributed by atoms with Crippen molar-refractivity contribution in [3.05, 3.63) is 0 Å². The Bertz CT molecular complexity index is 597. The lowest BCUT2D eigenvalue weighted by molar-refractivity contribution is -0.134. The van der Waals surface area contributed by atoms with Crippen molar-refractivity contribution in [2.75, 3.05) is 13.1 Å². The van der Waals surface area contributed by atoms with Crippen LogP contribution in [0.5, 0.6) is 0 Å². The number of nitrogens with one attached hydrogen (secondary N) is 5. The number of carbonyl (C=O) groups excluding carboxylic acids is 4. The number of nitrogens with two attached hydrogens (primary N) is 2. The monoisotopic (exact) mass is 426 g/mol. The molecular formula is C19H36N7O4. The molecule has 11 nitrogen and oxygen atoms in total. The predicted molar refractivity (Wildman–Crippen MR) is 114 cm³/mol. The maximum absolute atomic E-state index is 12.9. The zero-order valence-corrected chi connectivity index (χ0v) is 18.2. The molecule has 9 N–H and O–H groups in total. The largest absolute Gasteiger partial charge is 0.370 e. The van der Waals surface area contributed by atoms with E-state index in [0.717, 1.165) is 0 Å². The van der Waals surface area contributed by atoms with Crippen molar-refractivity contribution in [2.24, 2.45) is 23.3 Å². The number of hydrogen-bond acceptors (Lipinski definition) is 6. The van der Waals surface area contributed by atoms with Crippen molar-refractivity contribution in [3.63, 3.8) is 0 Å². The zero-order valence-electron chi connectivity index (χ0n) is 18.2. The predicted octanol–water partition coefficient (Wildman–Crippen LogP) is -1.53. The number of guanidine groups is 1. The summed E-state index contributed by atoms with van der Waals surface area (Å²) >= 11 is 0. The van der Waals surface area contributed by atoms with E-state index in [9.17, 15) is 19.2 Å². The highest BCUT2D eigenvalue weighted by Crippen LogP contribution is 2.11. The SMILES string of the molecule is CC[C@H](C)[C@H](NC(=O)[C@@H](N)CCCNC(=N)N)C(=O)N[C@H](C(=O)NC[C]=O)C(C)C. The van der Waals surface area contributed by atoms with Gasteiger partial charge in [-0.2, -0.15) is 0 Å². The third kappa shape index (κ3) is 10.2. The maximum atomic E-state index is 12.9. The van der Waals surface area contributed by atoms with E-state index < -0.39 is 35.8 Å². The minimum absolute atomic E-state index is 0.156. The minimum Gasteiger partial charge on any atom is -0.370 e. The Balaban J connectivity index is 5.05. The lowest BCUT2D eigenvalue weighted by Gasteiger charge is -2.28. The number of amides is 3. The molecule has 0 aromatic heterocycles. The van der Waals surface area contributed by atoms with Crippen LogP contribution in [0.2, 0.25) is 0 Å². The molecule has 0 heterocycles. The van der Waals surface area contributed by atoms with Gasteiger partial charge in [0.25, 0.3) is 0 Å². The Morgan fingerprint density at radius 1 is 1.00 bits per heavy atom. The fourth-order valence-electron chi connectivity index (χ4n) is 2.65. The third-order valence-corrected chi connectivity index (χ3v) is 4.72. The van der Waals surface area contributed by atoms with Crippen LogP contribution < -0.4 is 32.7 Å². The molecule has 30 heavy (non-hydrogen) atoms. The van der Waals surface area contributed by atoms with Gasteiger partial charge in [-0.25, -0.2) is 0 Å². The number of rotatable bonds is 14. The van der Waals surface area contributed by atoms with E-state index >= 15 is 0 Å². The van der Waals surface area contributed by atoms with Crippen LogP contribution in [0.1, 0.15) is 47.0 Å². The summed E-state index contributed by atoms with van der Waals surface area (Å²) in [6.45, 7) is 7.37. The summed E-state index contributed by atoms with van der Waals surface area (Å²) < 4.78 is 0. The molecule has 0 rings (SSSR count). The van der Waals surface area contributed by atoms with Gasteiger partial charge in [0.1, 0.15) is 12.1 Å². The standard InChI is InChI=1S/C19H36N7O4/c1-5-12(4)15(26-16(28)13(20)7-6-8-24-19(21)22)18(30)25-14(11(2)3)17(29)23-9-10-27/h11-15H,5-9,20H2,1-4H3,(H,23,29)(H,25,30)(H,26,28)(H4,21,22,24)/t12-,13-,14-,15-/m0/s1. The Morgan fingerprint density at radius 2 is 1.60 bits per heavy atom. The maximum Gasteiger partial charge on any atom is 0.243 e. The van der Waals surface area contributed by atoms with Gasteiger partial charge in [-0.3, -0.25) is 24.6 Å². The minimum atomic E-state index is -0.865. The molecule has 0 aromatic rings. The molecule has 0 aliphatic heterocycles. The van der Waals surface area contributed by atoms with Gasteiger partial charge in [-0.15, -0.1) is 0 Å². The van der Waals surface area contributed by atoms with Crippen molar-refractivity contribution in [1.82, 2.24) is 21.3 Å². The highest BCUT2D eigenvalue weighted by molar-refractivity contribution is 5.93. The molecule has 3 amide bonds. The summed E-state index contributed by atoms with van der Waals surface area (Å²) in [6.07, 6.45) is 3.07. The molecule has 171 valence electrons. The molecule has 0 fully saturated rings. The van der Waals surface area contributed by atoms with Crippen LogP contribution in [0.3, 0.4) is 0 Å². The van der Waals surface area contributed by atoms with Crippen LogP contribution in [0.25, 0.3) is 0 Å². The van der Waals surface area contributed by atoms with Crippen LogP contribution in [-0.2, 0) is 19.2 Å². The van der Waals surface area contributed by atoms with E-state index in [0.29, 0.717) is 25.8 Å².